The van der Waals surface area contributed by atoms with E-state index in [0.29, 0.717) is 50.4 Å². The minimum atomic E-state index is -0.573. The van der Waals surface area contributed by atoms with Crippen LogP contribution in [0.5, 0.6) is 0 Å². The Labute approximate surface area is 263 Å². The van der Waals surface area contributed by atoms with Crippen LogP contribution in [0.15, 0.2) is 0 Å². The van der Waals surface area contributed by atoms with Gasteiger partial charge in [-0.1, -0.05) is 6.42 Å². The molecule has 8 atom stereocenters. The van der Waals surface area contributed by atoms with Crippen molar-refractivity contribution in [2.45, 2.75) is 101 Å². The molecule has 2 amide bonds. The number of nitrogens with zero attached hydrogens (tertiary/aromatic N) is 3. The maximum Gasteiger partial charge on any atom is 0.223 e. The Kier molecular flexibility index (Phi) is 11.4. The van der Waals surface area contributed by atoms with Crippen molar-refractivity contribution in [2.75, 3.05) is 72.2 Å². The zero-order chi connectivity index (χ0) is 30.5. The quantitative estimate of drug-likeness (QED) is 0.213. The molecule has 4 saturated heterocycles. The lowest BCUT2D eigenvalue weighted by molar-refractivity contribution is -0.131. The molecule has 0 spiro atoms. The summed E-state index contributed by atoms with van der Waals surface area (Å²) in [5.41, 5.74) is 0. The lowest BCUT2D eigenvalue weighted by Gasteiger charge is -2.46. The van der Waals surface area contributed by atoms with E-state index < -0.39 is 6.10 Å². The van der Waals surface area contributed by atoms with Crippen molar-refractivity contribution in [1.82, 2.24) is 36.0 Å². The standard InChI is InChI=1S/C32H57N7O5/c1-22(40)38-9-11-39(12-10-38)31-15-25(14-30(36-31)35-26-3-2-4-26)32(42)34-16-27(41)19-37-8-7-23-13-28(6-5-24(23)18-37)43-20-29-17-33-21-44-29/h23-31,33,35-36,41H,2-21H2,1H3,(H,34,42)/t23?,24?,25?,27-,28?,29?,30?,31?/m0/s1. The Morgan fingerprint density at radius 3 is 2.59 bits per heavy atom. The molecule has 2 saturated carbocycles. The molecule has 0 aromatic heterocycles. The van der Waals surface area contributed by atoms with Gasteiger partial charge in [0.05, 0.1) is 44.0 Å². The number of piperazine rings is 1. The molecule has 7 unspecified atom stereocenters. The summed E-state index contributed by atoms with van der Waals surface area (Å²) in [7, 11) is 0. The zero-order valence-electron chi connectivity index (χ0n) is 26.8. The number of β-amino-alcohol motifs (C(OH)–C–C–N with tert-alkyl or cyclic N) is 1. The van der Waals surface area contributed by atoms with Crippen LogP contribution in [-0.2, 0) is 19.1 Å². The number of carbonyl (C=O) groups excluding carboxylic acids is 2. The van der Waals surface area contributed by atoms with Crippen molar-refractivity contribution in [3.05, 3.63) is 0 Å². The smallest absolute Gasteiger partial charge is 0.223 e. The van der Waals surface area contributed by atoms with Crippen LogP contribution in [0.4, 0.5) is 0 Å². The molecule has 250 valence electrons. The maximum absolute atomic E-state index is 13.4. The second kappa shape index (κ2) is 15.5. The zero-order valence-corrected chi connectivity index (χ0v) is 26.8. The number of nitrogens with one attached hydrogen (secondary N) is 4. The van der Waals surface area contributed by atoms with E-state index in [-0.39, 0.29) is 36.2 Å². The third kappa shape index (κ3) is 8.70. The molecule has 5 N–H and O–H groups in total. The second-order valence-electron chi connectivity index (χ2n) is 14.4. The van der Waals surface area contributed by atoms with E-state index in [1.54, 1.807) is 6.92 Å². The molecule has 0 aromatic carbocycles. The van der Waals surface area contributed by atoms with Crippen molar-refractivity contribution in [1.29, 1.82) is 0 Å². The van der Waals surface area contributed by atoms with E-state index in [1.807, 2.05) is 4.90 Å². The first-order chi connectivity index (χ1) is 21.4. The number of carbonyl (C=O) groups is 2. The molecular formula is C32H57N7O5. The van der Waals surface area contributed by atoms with Crippen LogP contribution < -0.4 is 21.3 Å². The first-order valence-corrected chi connectivity index (χ1v) is 17.5. The molecule has 2 aliphatic carbocycles. The van der Waals surface area contributed by atoms with E-state index in [0.717, 1.165) is 77.9 Å². The fraction of sp³-hybridized carbons (Fsp3) is 0.938. The maximum atomic E-state index is 13.4. The van der Waals surface area contributed by atoms with Gasteiger partial charge in [-0.25, -0.2) is 0 Å². The summed E-state index contributed by atoms with van der Waals surface area (Å²) in [5.74, 6) is 1.44. The van der Waals surface area contributed by atoms with Crippen LogP contribution in [0.3, 0.4) is 0 Å². The van der Waals surface area contributed by atoms with Crippen molar-refractivity contribution >= 4 is 11.8 Å². The topological polar surface area (TPSA) is 131 Å². The molecule has 4 aliphatic heterocycles. The number of aliphatic hydroxyl groups excluding tert-OH is 1. The third-order valence-electron chi connectivity index (χ3n) is 11.2. The highest BCUT2D eigenvalue weighted by atomic mass is 16.5. The number of rotatable bonds is 11. The molecule has 6 aliphatic rings. The van der Waals surface area contributed by atoms with Crippen molar-refractivity contribution in [3.8, 4) is 0 Å². The number of fused-ring (bicyclic) bond motifs is 1. The highest BCUT2D eigenvalue weighted by Gasteiger charge is 2.39. The van der Waals surface area contributed by atoms with Crippen LogP contribution >= 0.6 is 0 Å². The van der Waals surface area contributed by atoms with Crippen LogP contribution in [0.1, 0.15) is 64.7 Å². The number of ether oxygens (including phenoxy) is 2. The largest absolute Gasteiger partial charge is 0.390 e. The Hall–Kier alpha value is -1.38. The van der Waals surface area contributed by atoms with Gasteiger partial charge in [0.15, 0.2) is 0 Å². The number of amides is 2. The predicted octanol–water partition coefficient (Wildman–Crippen LogP) is -0.125. The molecule has 12 nitrogen and oxygen atoms in total. The van der Waals surface area contributed by atoms with Crippen LogP contribution in [0.2, 0.25) is 0 Å². The van der Waals surface area contributed by atoms with Crippen LogP contribution in [0, 0.1) is 17.8 Å². The van der Waals surface area contributed by atoms with Gasteiger partial charge < -0.3 is 29.7 Å². The molecular weight excluding hydrogens is 562 g/mol. The van der Waals surface area contributed by atoms with E-state index in [1.165, 1.54) is 25.7 Å². The third-order valence-corrected chi connectivity index (χ3v) is 11.2. The number of likely N-dealkylation sites (tertiary alicyclic amines) is 1. The predicted molar refractivity (Wildman–Crippen MR) is 166 cm³/mol. The van der Waals surface area contributed by atoms with Crippen LogP contribution in [0.25, 0.3) is 0 Å². The summed E-state index contributed by atoms with van der Waals surface area (Å²) in [6.45, 7) is 9.87. The fourth-order valence-electron chi connectivity index (χ4n) is 8.31. The SMILES string of the molecule is CC(=O)N1CCN(C2CC(C(=O)NC[C@H](O)CN3CCC4CC(OCC5CNCO5)CCC4C3)CC(NC3CCC3)N2)CC1. The van der Waals surface area contributed by atoms with E-state index in [9.17, 15) is 14.7 Å². The van der Waals surface area contributed by atoms with Gasteiger partial charge in [0.25, 0.3) is 0 Å². The van der Waals surface area contributed by atoms with Crippen molar-refractivity contribution < 1.29 is 24.2 Å². The Morgan fingerprint density at radius 2 is 1.86 bits per heavy atom. The number of aliphatic hydroxyl groups is 1. The number of hydrogen-bond acceptors (Lipinski definition) is 10. The molecule has 6 fully saturated rings. The van der Waals surface area contributed by atoms with Crippen LogP contribution in [-0.4, -0.2) is 141 Å². The average molecular weight is 620 g/mol. The Balaban J connectivity index is 0.926. The fourth-order valence-corrected chi connectivity index (χ4v) is 8.31. The van der Waals surface area contributed by atoms with Crippen molar-refractivity contribution in [2.24, 2.45) is 17.8 Å². The minimum absolute atomic E-state index is 0.0501. The normalized spacial score (nSPS) is 36.4. The first-order valence-electron chi connectivity index (χ1n) is 17.5. The lowest BCUT2D eigenvalue weighted by atomic mass is 9.74. The summed E-state index contributed by atoms with van der Waals surface area (Å²) in [4.78, 5) is 32.0. The molecule has 0 aromatic rings. The Morgan fingerprint density at radius 1 is 1.02 bits per heavy atom. The van der Waals surface area contributed by atoms with E-state index in [4.69, 9.17) is 9.47 Å². The van der Waals surface area contributed by atoms with Gasteiger partial charge in [0.1, 0.15) is 0 Å². The minimum Gasteiger partial charge on any atom is -0.390 e. The molecule has 6 rings (SSSR count). The van der Waals surface area contributed by atoms with Gasteiger partial charge in [-0.05, 0) is 69.7 Å². The lowest BCUT2D eigenvalue weighted by Crippen LogP contribution is -2.64. The monoisotopic (exact) mass is 619 g/mol. The van der Waals surface area contributed by atoms with Gasteiger partial charge in [0, 0.05) is 71.2 Å². The summed E-state index contributed by atoms with van der Waals surface area (Å²) in [6.07, 6.45) is 9.90. The Bertz CT molecular complexity index is 942. The van der Waals surface area contributed by atoms with E-state index >= 15 is 0 Å². The highest BCUT2D eigenvalue weighted by Crippen LogP contribution is 2.37. The molecule has 44 heavy (non-hydrogen) atoms. The molecule has 4 heterocycles. The van der Waals surface area contributed by atoms with Gasteiger partial charge in [-0.2, -0.15) is 0 Å². The average Bonchev–Trinajstić information content (AvgIpc) is 3.54. The van der Waals surface area contributed by atoms with Crippen molar-refractivity contribution in [3.63, 3.8) is 0 Å². The van der Waals surface area contributed by atoms with Gasteiger partial charge in [-0.15, -0.1) is 0 Å². The first kappa shape index (κ1) is 32.6. The van der Waals surface area contributed by atoms with Gasteiger partial charge >= 0.3 is 0 Å². The van der Waals surface area contributed by atoms with E-state index in [2.05, 4.69) is 31.1 Å². The molecule has 12 heteroatoms. The summed E-state index contributed by atoms with van der Waals surface area (Å²) in [6, 6.07) is 0.530. The van der Waals surface area contributed by atoms with Gasteiger partial charge in [0.2, 0.25) is 11.8 Å². The molecule has 0 bridgehead atoms. The number of hydrogen-bond donors (Lipinski definition) is 5. The summed E-state index contributed by atoms with van der Waals surface area (Å²) in [5, 5.41) is 24.8. The van der Waals surface area contributed by atoms with Gasteiger partial charge in [-0.3, -0.25) is 30.4 Å². The number of piperidine rings is 2. The molecule has 0 radical (unpaired) electrons. The second-order valence-corrected chi connectivity index (χ2v) is 14.4. The summed E-state index contributed by atoms with van der Waals surface area (Å²) < 4.78 is 11.8. The summed E-state index contributed by atoms with van der Waals surface area (Å²) >= 11 is 0. The highest BCUT2D eigenvalue weighted by molar-refractivity contribution is 5.79.